The number of hydrogen-bond donors (Lipinski definition) is 1. The fourth-order valence-electron chi connectivity index (χ4n) is 3.05. The van der Waals surface area contributed by atoms with Crippen molar-refractivity contribution in [2.24, 2.45) is 5.73 Å². The molecule has 0 unspecified atom stereocenters. The van der Waals surface area contributed by atoms with Gasteiger partial charge in [-0.05, 0) is 25.0 Å². The topological polar surface area (TPSA) is 94.5 Å². The number of nitrogens with zero attached hydrogens (tertiary/aromatic N) is 3. The van der Waals surface area contributed by atoms with Crippen LogP contribution in [0.4, 0.5) is 0 Å². The van der Waals surface area contributed by atoms with Crippen molar-refractivity contribution in [3.8, 4) is 0 Å². The lowest BCUT2D eigenvalue weighted by molar-refractivity contribution is -0.136. The summed E-state index contributed by atoms with van der Waals surface area (Å²) in [5, 5.41) is 4.05. The van der Waals surface area contributed by atoms with Crippen LogP contribution < -0.4 is 5.73 Å². The van der Waals surface area contributed by atoms with Gasteiger partial charge in [-0.3, -0.25) is 9.69 Å². The maximum Gasteiger partial charge on any atom is 0.240 e. The number of benzene rings is 1. The highest BCUT2D eigenvalue weighted by Gasteiger charge is 2.34. The Balaban J connectivity index is 1.69. The maximum absolute atomic E-state index is 11.7. The molecule has 1 fully saturated rings. The minimum atomic E-state index is -0.481. The van der Waals surface area contributed by atoms with Crippen LogP contribution in [0.1, 0.15) is 29.8 Å². The summed E-state index contributed by atoms with van der Waals surface area (Å²) in [6.45, 7) is 5.45. The Morgan fingerprint density at radius 2 is 2.21 bits per heavy atom. The lowest BCUT2D eigenvalue weighted by Gasteiger charge is -2.36. The Kier molecular flexibility index (Phi) is 4.92. The summed E-state index contributed by atoms with van der Waals surface area (Å²) in [4.78, 5) is 18.1. The second-order valence-corrected chi connectivity index (χ2v) is 6.10. The summed E-state index contributed by atoms with van der Waals surface area (Å²) in [5.74, 6) is 0.719. The molecule has 24 heavy (non-hydrogen) atoms. The van der Waals surface area contributed by atoms with Crippen molar-refractivity contribution in [1.82, 2.24) is 15.0 Å². The van der Waals surface area contributed by atoms with Gasteiger partial charge in [-0.25, -0.2) is 0 Å². The quantitative estimate of drug-likeness (QED) is 0.880. The van der Waals surface area contributed by atoms with Crippen molar-refractivity contribution < 1.29 is 14.1 Å². The number of primary amides is 1. The van der Waals surface area contributed by atoms with Gasteiger partial charge in [0.2, 0.25) is 11.8 Å². The van der Waals surface area contributed by atoms with Gasteiger partial charge in [0.15, 0.2) is 5.82 Å². The Labute approximate surface area is 140 Å². The highest BCUT2D eigenvalue weighted by Crippen LogP contribution is 2.17. The van der Waals surface area contributed by atoms with Crippen LogP contribution >= 0.6 is 0 Å². The molecule has 0 radical (unpaired) electrons. The van der Waals surface area contributed by atoms with Gasteiger partial charge in [0.05, 0.1) is 19.3 Å². The number of nitrogens with two attached hydrogens (primary N) is 1. The van der Waals surface area contributed by atoms with Gasteiger partial charge in [-0.2, -0.15) is 4.98 Å². The SMILES string of the molecule is Cc1ccccc1Cc1noc(CN2CCO[C@H](C)[C@H]2C(N)=O)n1. The summed E-state index contributed by atoms with van der Waals surface area (Å²) in [5.41, 5.74) is 7.86. The molecule has 0 aliphatic carbocycles. The number of carbonyl (C=O) groups is 1. The monoisotopic (exact) mass is 330 g/mol. The molecule has 3 rings (SSSR count). The number of rotatable bonds is 5. The van der Waals surface area contributed by atoms with Crippen LogP contribution in [0.5, 0.6) is 0 Å². The summed E-state index contributed by atoms with van der Waals surface area (Å²) in [6, 6.07) is 7.63. The van der Waals surface area contributed by atoms with Crippen molar-refractivity contribution in [2.75, 3.05) is 13.2 Å². The van der Waals surface area contributed by atoms with Gasteiger partial charge in [0.25, 0.3) is 0 Å². The summed E-state index contributed by atoms with van der Waals surface area (Å²) < 4.78 is 10.9. The molecule has 1 aliphatic heterocycles. The number of aryl methyl sites for hydroxylation is 1. The first kappa shape index (κ1) is 16.6. The zero-order valence-electron chi connectivity index (χ0n) is 13.9. The second kappa shape index (κ2) is 7.11. The summed E-state index contributed by atoms with van der Waals surface area (Å²) in [6.07, 6.45) is 0.375. The maximum atomic E-state index is 11.7. The van der Waals surface area contributed by atoms with Gasteiger partial charge in [-0.15, -0.1) is 0 Å². The van der Waals surface area contributed by atoms with Gasteiger partial charge < -0.3 is 15.0 Å². The molecule has 1 amide bonds. The molecular formula is C17H22N4O3. The van der Waals surface area contributed by atoms with Crippen LogP contribution in [0.2, 0.25) is 0 Å². The largest absolute Gasteiger partial charge is 0.375 e. The Hall–Kier alpha value is -2.25. The van der Waals surface area contributed by atoms with E-state index in [0.29, 0.717) is 37.8 Å². The molecule has 0 saturated carbocycles. The zero-order chi connectivity index (χ0) is 17.1. The number of ether oxygens (including phenoxy) is 1. The molecule has 1 aliphatic rings. The van der Waals surface area contributed by atoms with Crippen LogP contribution in [0.15, 0.2) is 28.8 Å². The predicted octanol–water partition coefficient (Wildman–Crippen LogP) is 1.04. The van der Waals surface area contributed by atoms with E-state index < -0.39 is 11.9 Å². The fourth-order valence-corrected chi connectivity index (χ4v) is 3.05. The molecule has 0 spiro atoms. The van der Waals surface area contributed by atoms with E-state index in [0.717, 1.165) is 0 Å². The Morgan fingerprint density at radius 3 is 2.96 bits per heavy atom. The van der Waals surface area contributed by atoms with Crippen molar-refractivity contribution >= 4 is 5.91 Å². The number of aromatic nitrogens is 2. The van der Waals surface area contributed by atoms with E-state index in [-0.39, 0.29) is 6.10 Å². The van der Waals surface area contributed by atoms with E-state index >= 15 is 0 Å². The van der Waals surface area contributed by atoms with E-state index in [1.165, 1.54) is 11.1 Å². The molecule has 7 heteroatoms. The minimum Gasteiger partial charge on any atom is -0.375 e. The third-order valence-corrected chi connectivity index (χ3v) is 4.35. The molecular weight excluding hydrogens is 308 g/mol. The highest BCUT2D eigenvalue weighted by molar-refractivity contribution is 5.80. The van der Waals surface area contributed by atoms with Gasteiger partial charge in [0.1, 0.15) is 6.04 Å². The Morgan fingerprint density at radius 1 is 1.42 bits per heavy atom. The summed E-state index contributed by atoms with van der Waals surface area (Å²) in [7, 11) is 0. The number of amides is 1. The van der Waals surface area contributed by atoms with Crippen LogP contribution in [-0.4, -0.2) is 46.2 Å². The summed E-state index contributed by atoms with van der Waals surface area (Å²) >= 11 is 0. The molecule has 2 atom stereocenters. The molecule has 7 nitrogen and oxygen atoms in total. The third-order valence-electron chi connectivity index (χ3n) is 4.35. The van der Waals surface area contributed by atoms with Crippen LogP contribution in [0, 0.1) is 6.92 Å². The molecule has 2 heterocycles. The average molecular weight is 330 g/mol. The lowest BCUT2D eigenvalue weighted by Crippen LogP contribution is -2.56. The van der Waals surface area contributed by atoms with Crippen molar-refractivity contribution in [3.63, 3.8) is 0 Å². The fraction of sp³-hybridized carbons (Fsp3) is 0.471. The normalized spacial score (nSPS) is 21.8. The first-order valence-corrected chi connectivity index (χ1v) is 8.05. The van der Waals surface area contributed by atoms with Crippen LogP contribution in [0.25, 0.3) is 0 Å². The molecule has 128 valence electrons. The van der Waals surface area contributed by atoms with Crippen LogP contribution in [0.3, 0.4) is 0 Å². The average Bonchev–Trinajstić information content (AvgIpc) is 2.96. The zero-order valence-corrected chi connectivity index (χ0v) is 13.9. The van der Waals surface area contributed by atoms with Crippen molar-refractivity contribution in [1.29, 1.82) is 0 Å². The van der Waals surface area contributed by atoms with Crippen molar-refractivity contribution in [3.05, 3.63) is 47.1 Å². The van der Waals surface area contributed by atoms with Crippen LogP contribution in [-0.2, 0) is 22.5 Å². The molecule has 1 saturated heterocycles. The van der Waals surface area contributed by atoms with E-state index in [1.807, 2.05) is 24.0 Å². The van der Waals surface area contributed by atoms with Gasteiger partial charge in [0, 0.05) is 13.0 Å². The first-order valence-electron chi connectivity index (χ1n) is 8.05. The predicted molar refractivity (Wildman–Crippen MR) is 87.1 cm³/mol. The molecule has 1 aromatic carbocycles. The molecule has 2 N–H and O–H groups in total. The first-order chi connectivity index (χ1) is 11.5. The minimum absolute atomic E-state index is 0.245. The van der Waals surface area contributed by atoms with Crippen molar-refractivity contribution in [2.45, 2.75) is 39.0 Å². The molecule has 0 bridgehead atoms. The third kappa shape index (κ3) is 3.63. The lowest BCUT2D eigenvalue weighted by atomic mass is 10.1. The number of carbonyl (C=O) groups excluding carboxylic acids is 1. The second-order valence-electron chi connectivity index (χ2n) is 6.10. The van der Waals surface area contributed by atoms with E-state index in [2.05, 4.69) is 29.2 Å². The molecule has 2 aromatic rings. The Bertz CT molecular complexity index is 715. The highest BCUT2D eigenvalue weighted by atomic mass is 16.5. The standard InChI is InChI=1S/C17H22N4O3/c1-11-5-3-4-6-13(11)9-14-19-15(24-20-14)10-21-7-8-23-12(2)16(21)17(18)22/h3-6,12,16H,7-10H2,1-2H3,(H2,18,22)/t12-,16+/m1/s1. The van der Waals surface area contributed by atoms with Gasteiger partial charge >= 0.3 is 0 Å². The van der Waals surface area contributed by atoms with E-state index in [4.69, 9.17) is 15.0 Å². The number of hydrogen-bond acceptors (Lipinski definition) is 6. The van der Waals surface area contributed by atoms with Gasteiger partial charge in [-0.1, -0.05) is 29.4 Å². The molecule has 1 aromatic heterocycles. The number of morpholine rings is 1. The van der Waals surface area contributed by atoms with E-state index in [9.17, 15) is 4.79 Å². The smallest absolute Gasteiger partial charge is 0.240 e. The van der Waals surface area contributed by atoms with E-state index in [1.54, 1.807) is 0 Å².